The second-order valence-electron chi connectivity index (χ2n) is 4.25. The second-order valence-corrected chi connectivity index (χ2v) is 4.25. The Kier molecular flexibility index (Phi) is 3.17. The smallest absolute Gasteiger partial charge is 0.258 e. The van der Waals surface area contributed by atoms with Gasteiger partial charge < -0.3 is 14.8 Å². The summed E-state index contributed by atoms with van der Waals surface area (Å²) in [6, 6.07) is 6.13. The van der Waals surface area contributed by atoms with E-state index >= 15 is 0 Å². The van der Waals surface area contributed by atoms with Gasteiger partial charge in [-0.2, -0.15) is 0 Å². The van der Waals surface area contributed by atoms with Gasteiger partial charge in [-0.3, -0.25) is 4.79 Å². The number of amides is 1. The van der Waals surface area contributed by atoms with Gasteiger partial charge in [0.2, 0.25) is 6.79 Å². The van der Waals surface area contributed by atoms with Crippen molar-refractivity contribution in [3.05, 3.63) is 53.3 Å². The number of rotatable bonds is 2. The van der Waals surface area contributed by atoms with Crippen LogP contribution in [0.15, 0.2) is 30.3 Å². The van der Waals surface area contributed by atoms with E-state index in [1.165, 1.54) is 12.1 Å². The molecule has 3 rings (SSSR count). The Morgan fingerprint density at radius 3 is 2.57 bits per heavy atom. The number of hydrogen-bond donors (Lipinski definition) is 1. The van der Waals surface area contributed by atoms with E-state index in [1.54, 1.807) is 6.07 Å². The Hall–Kier alpha value is -2.70. The van der Waals surface area contributed by atoms with Gasteiger partial charge in [-0.15, -0.1) is 0 Å². The van der Waals surface area contributed by atoms with Gasteiger partial charge in [0.15, 0.2) is 29.0 Å². The van der Waals surface area contributed by atoms with Gasteiger partial charge in [0.1, 0.15) is 0 Å². The summed E-state index contributed by atoms with van der Waals surface area (Å²) >= 11 is 0. The van der Waals surface area contributed by atoms with E-state index in [9.17, 15) is 18.0 Å². The molecular formula is C14H8F3NO3. The van der Waals surface area contributed by atoms with E-state index in [-0.39, 0.29) is 6.79 Å². The molecule has 0 radical (unpaired) electrons. The molecule has 0 atom stereocenters. The third-order valence-electron chi connectivity index (χ3n) is 2.91. The summed E-state index contributed by atoms with van der Waals surface area (Å²) in [5.41, 5.74) is -0.278. The van der Waals surface area contributed by atoms with Crippen molar-refractivity contribution in [2.45, 2.75) is 0 Å². The highest BCUT2D eigenvalue weighted by Crippen LogP contribution is 2.34. The second kappa shape index (κ2) is 5.01. The lowest BCUT2D eigenvalue weighted by Crippen LogP contribution is -2.15. The van der Waals surface area contributed by atoms with Crippen molar-refractivity contribution >= 4 is 11.6 Å². The molecule has 0 unspecified atom stereocenters. The van der Waals surface area contributed by atoms with Gasteiger partial charge >= 0.3 is 0 Å². The quantitative estimate of drug-likeness (QED) is 0.866. The molecule has 0 aromatic heterocycles. The molecule has 2 aromatic rings. The number of hydrogen-bond acceptors (Lipinski definition) is 3. The lowest BCUT2D eigenvalue weighted by Gasteiger charge is -2.07. The van der Waals surface area contributed by atoms with Gasteiger partial charge in [0.05, 0.1) is 5.56 Å². The number of anilines is 1. The van der Waals surface area contributed by atoms with E-state index < -0.39 is 28.9 Å². The van der Waals surface area contributed by atoms with Crippen LogP contribution in [0.4, 0.5) is 18.9 Å². The predicted octanol–water partition coefficient (Wildman–Crippen LogP) is 3.08. The van der Waals surface area contributed by atoms with Crippen LogP contribution in [-0.4, -0.2) is 12.7 Å². The Morgan fingerprint density at radius 1 is 1.00 bits per heavy atom. The number of carbonyl (C=O) groups is 1. The Balaban J connectivity index is 1.85. The summed E-state index contributed by atoms with van der Waals surface area (Å²) in [6.07, 6.45) is 0. The van der Waals surface area contributed by atoms with Crippen LogP contribution in [0, 0.1) is 17.5 Å². The molecule has 0 spiro atoms. The number of ether oxygens (including phenoxy) is 2. The highest BCUT2D eigenvalue weighted by molar-refractivity contribution is 6.04. The van der Waals surface area contributed by atoms with E-state index in [4.69, 9.17) is 9.47 Å². The van der Waals surface area contributed by atoms with Crippen molar-refractivity contribution in [3.63, 3.8) is 0 Å². The minimum Gasteiger partial charge on any atom is -0.454 e. The van der Waals surface area contributed by atoms with Crippen molar-refractivity contribution in [2.75, 3.05) is 12.1 Å². The zero-order chi connectivity index (χ0) is 15.0. The monoisotopic (exact) mass is 295 g/mol. The summed E-state index contributed by atoms with van der Waals surface area (Å²) in [4.78, 5) is 11.9. The van der Waals surface area contributed by atoms with Crippen molar-refractivity contribution in [1.82, 2.24) is 0 Å². The lowest BCUT2D eigenvalue weighted by molar-refractivity contribution is 0.102. The first-order valence-corrected chi connectivity index (χ1v) is 5.91. The van der Waals surface area contributed by atoms with Gasteiger partial charge in [0, 0.05) is 11.8 Å². The average molecular weight is 295 g/mol. The summed E-state index contributed by atoms with van der Waals surface area (Å²) in [7, 11) is 0. The Labute approximate surface area is 117 Å². The van der Waals surface area contributed by atoms with Gasteiger partial charge in [-0.1, -0.05) is 0 Å². The van der Waals surface area contributed by atoms with Crippen LogP contribution in [0.3, 0.4) is 0 Å². The van der Waals surface area contributed by atoms with Gasteiger partial charge in [-0.05, 0) is 24.3 Å². The first kappa shape index (κ1) is 13.3. The van der Waals surface area contributed by atoms with Crippen molar-refractivity contribution in [1.29, 1.82) is 0 Å². The average Bonchev–Trinajstić information content (AvgIpc) is 2.92. The molecule has 1 amide bonds. The maximum absolute atomic E-state index is 13.5. The van der Waals surface area contributed by atoms with Crippen molar-refractivity contribution in [3.8, 4) is 11.5 Å². The summed E-state index contributed by atoms with van der Waals surface area (Å²) in [5.74, 6) is -4.52. The molecule has 0 saturated heterocycles. The molecule has 1 N–H and O–H groups in total. The molecule has 0 saturated carbocycles. The van der Waals surface area contributed by atoms with E-state index in [1.807, 2.05) is 0 Å². The molecule has 0 fully saturated rings. The topological polar surface area (TPSA) is 47.6 Å². The van der Waals surface area contributed by atoms with Crippen LogP contribution < -0.4 is 14.8 Å². The molecule has 7 heteroatoms. The predicted molar refractivity (Wildman–Crippen MR) is 66.8 cm³/mol. The van der Waals surface area contributed by atoms with E-state index in [0.717, 1.165) is 6.07 Å². The van der Waals surface area contributed by atoms with Crippen LogP contribution in [0.2, 0.25) is 0 Å². The molecule has 1 aliphatic heterocycles. The number of carbonyl (C=O) groups excluding carboxylic acids is 1. The van der Waals surface area contributed by atoms with E-state index in [2.05, 4.69) is 5.32 Å². The molecular weight excluding hydrogens is 287 g/mol. The van der Waals surface area contributed by atoms with Crippen LogP contribution >= 0.6 is 0 Å². The number of halogens is 3. The normalized spacial score (nSPS) is 12.3. The molecule has 1 aliphatic rings. The third kappa shape index (κ3) is 2.37. The van der Waals surface area contributed by atoms with Crippen molar-refractivity contribution < 1.29 is 27.4 Å². The van der Waals surface area contributed by atoms with Crippen LogP contribution in [-0.2, 0) is 0 Å². The minimum absolute atomic E-state index is 0.0739. The first-order valence-electron chi connectivity index (χ1n) is 5.91. The Bertz CT molecular complexity index is 734. The molecule has 2 aromatic carbocycles. The number of fused-ring (bicyclic) bond motifs is 1. The summed E-state index contributed by atoms with van der Waals surface area (Å²) in [5, 5.41) is 2.37. The first-order chi connectivity index (χ1) is 10.1. The third-order valence-corrected chi connectivity index (χ3v) is 2.91. The molecule has 21 heavy (non-hydrogen) atoms. The fourth-order valence-corrected chi connectivity index (χ4v) is 1.87. The molecule has 1 heterocycles. The summed E-state index contributed by atoms with van der Waals surface area (Å²) < 4.78 is 49.7. The molecule has 0 aliphatic carbocycles. The number of benzene rings is 2. The zero-order valence-electron chi connectivity index (χ0n) is 10.5. The largest absolute Gasteiger partial charge is 0.454 e. The van der Waals surface area contributed by atoms with Crippen LogP contribution in [0.25, 0.3) is 0 Å². The summed E-state index contributed by atoms with van der Waals surface area (Å²) in [6.45, 7) is 0.0739. The minimum atomic E-state index is -1.69. The maximum atomic E-state index is 13.5. The standard InChI is InChI=1S/C14H8F3NO3/c15-9-3-2-8(12(16)13(9)17)14(19)18-7-1-4-10-11(5-7)21-6-20-10/h1-5H,6H2,(H,18,19). The van der Waals surface area contributed by atoms with Gasteiger partial charge in [0.25, 0.3) is 5.91 Å². The molecule has 4 nitrogen and oxygen atoms in total. The zero-order valence-corrected chi connectivity index (χ0v) is 10.5. The fraction of sp³-hybridized carbons (Fsp3) is 0.0714. The fourth-order valence-electron chi connectivity index (χ4n) is 1.87. The van der Waals surface area contributed by atoms with Crippen LogP contribution in [0.1, 0.15) is 10.4 Å². The highest BCUT2D eigenvalue weighted by atomic mass is 19.2. The Morgan fingerprint density at radius 2 is 1.76 bits per heavy atom. The lowest BCUT2D eigenvalue weighted by atomic mass is 10.1. The molecule has 0 bridgehead atoms. The number of nitrogens with one attached hydrogen (secondary N) is 1. The van der Waals surface area contributed by atoms with Crippen LogP contribution in [0.5, 0.6) is 11.5 Å². The van der Waals surface area contributed by atoms with E-state index in [0.29, 0.717) is 23.3 Å². The van der Waals surface area contributed by atoms with Crippen molar-refractivity contribution in [2.24, 2.45) is 0 Å². The SMILES string of the molecule is O=C(Nc1ccc2c(c1)OCO2)c1ccc(F)c(F)c1F. The molecule has 108 valence electrons. The highest BCUT2D eigenvalue weighted by Gasteiger charge is 2.20. The maximum Gasteiger partial charge on any atom is 0.258 e. The van der Waals surface area contributed by atoms with Gasteiger partial charge in [-0.25, -0.2) is 13.2 Å².